The van der Waals surface area contributed by atoms with Crippen molar-refractivity contribution in [1.29, 1.82) is 0 Å². The number of carboxylic acid groups (broad SMARTS) is 1. The van der Waals surface area contributed by atoms with Gasteiger partial charge in [-0.15, -0.1) is 0 Å². The van der Waals surface area contributed by atoms with Crippen LogP contribution in [0.1, 0.15) is 27.2 Å². The van der Waals surface area contributed by atoms with E-state index in [1.165, 1.54) is 10.6 Å². The predicted octanol–water partition coefficient (Wildman–Crippen LogP) is 2.22. The lowest BCUT2D eigenvalue weighted by Crippen LogP contribution is -2.26. The largest absolute Gasteiger partial charge is 0.497 e. The van der Waals surface area contributed by atoms with Crippen LogP contribution in [0.3, 0.4) is 0 Å². The van der Waals surface area contributed by atoms with Crippen LogP contribution >= 0.6 is 0 Å². The zero-order valence-corrected chi connectivity index (χ0v) is 12.2. The minimum atomic E-state index is -1.02. The van der Waals surface area contributed by atoms with Gasteiger partial charge in [0.25, 0.3) is 5.56 Å². The number of hydrogen-bond donors (Lipinski definition) is 1. The molecule has 0 saturated heterocycles. The molecule has 1 aromatic heterocycles. The highest BCUT2D eigenvalue weighted by molar-refractivity contribution is 5.90. The predicted molar refractivity (Wildman–Crippen MR) is 79.2 cm³/mol. The molecule has 0 aliphatic carbocycles. The van der Waals surface area contributed by atoms with Gasteiger partial charge in [-0.2, -0.15) is 0 Å². The Labute approximate surface area is 122 Å². The Hall–Kier alpha value is -2.56. The maximum Gasteiger partial charge on any atom is 0.337 e. The zero-order valence-electron chi connectivity index (χ0n) is 12.2. The minimum Gasteiger partial charge on any atom is -0.497 e. The highest BCUT2D eigenvalue weighted by atomic mass is 16.5. The fourth-order valence-electron chi connectivity index (χ4n) is 2.39. The van der Waals surface area contributed by atoms with E-state index in [2.05, 4.69) is 0 Å². The van der Waals surface area contributed by atoms with Crippen LogP contribution in [0.15, 0.2) is 35.1 Å². The first kappa shape index (κ1) is 14.8. The highest BCUT2D eigenvalue weighted by Gasteiger charge is 2.16. The third-order valence-corrected chi connectivity index (χ3v) is 3.46. The molecule has 0 aliphatic rings. The second kappa shape index (κ2) is 5.83. The second-order valence-corrected chi connectivity index (χ2v) is 4.87. The molecule has 0 radical (unpaired) electrons. The monoisotopic (exact) mass is 287 g/mol. The van der Waals surface area contributed by atoms with E-state index in [1.54, 1.807) is 21.0 Å². The zero-order chi connectivity index (χ0) is 15.6. The molecule has 2 rings (SSSR count). The number of aromatic nitrogens is 1. The van der Waals surface area contributed by atoms with Gasteiger partial charge in [-0.3, -0.25) is 4.79 Å². The van der Waals surface area contributed by atoms with Crippen molar-refractivity contribution in [3.63, 3.8) is 0 Å². The van der Waals surface area contributed by atoms with Crippen LogP contribution in [0.2, 0.25) is 0 Å². The number of aryl methyl sites for hydroxylation is 1. The number of carbonyl (C=O) groups is 1. The molecule has 1 N–H and O–H groups in total. The van der Waals surface area contributed by atoms with Crippen molar-refractivity contribution in [3.05, 3.63) is 63.1 Å². The Bertz CT molecular complexity index is 746. The molecule has 110 valence electrons. The number of rotatable bonds is 4. The maximum absolute atomic E-state index is 12.1. The van der Waals surface area contributed by atoms with Crippen molar-refractivity contribution in [1.82, 2.24) is 4.57 Å². The number of aromatic carboxylic acids is 1. The average Bonchev–Trinajstić information content (AvgIpc) is 2.43. The molecule has 0 unspecified atom stereocenters. The Kier molecular flexibility index (Phi) is 4.12. The molecule has 5 nitrogen and oxygen atoms in total. The summed E-state index contributed by atoms with van der Waals surface area (Å²) in [4.78, 5) is 23.5. The Morgan fingerprint density at radius 1 is 1.29 bits per heavy atom. The average molecular weight is 287 g/mol. The topological polar surface area (TPSA) is 68.5 Å². The molecule has 0 bridgehead atoms. The summed E-state index contributed by atoms with van der Waals surface area (Å²) in [6, 6.07) is 8.70. The van der Waals surface area contributed by atoms with Crippen molar-refractivity contribution in [2.45, 2.75) is 20.4 Å². The van der Waals surface area contributed by atoms with Crippen molar-refractivity contribution >= 4 is 5.97 Å². The third kappa shape index (κ3) is 2.97. The van der Waals surface area contributed by atoms with E-state index in [-0.39, 0.29) is 11.1 Å². The van der Waals surface area contributed by atoms with E-state index in [1.807, 2.05) is 24.3 Å². The maximum atomic E-state index is 12.1. The van der Waals surface area contributed by atoms with E-state index >= 15 is 0 Å². The molecular formula is C16H17NO4. The van der Waals surface area contributed by atoms with Crippen LogP contribution in [0, 0.1) is 13.8 Å². The lowest BCUT2D eigenvalue weighted by Gasteiger charge is -2.14. The lowest BCUT2D eigenvalue weighted by molar-refractivity contribution is 0.0694. The van der Waals surface area contributed by atoms with E-state index in [0.717, 1.165) is 5.56 Å². The van der Waals surface area contributed by atoms with Crippen molar-refractivity contribution in [2.24, 2.45) is 0 Å². The summed E-state index contributed by atoms with van der Waals surface area (Å²) in [7, 11) is 1.57. The fourth-order valence-corrected chi connectivity index (χ4v) is 2.39. The smallest absolute Gasteiger partial charge is 0.337 e. The summed E-state index contributed by atoms with van der Waals surface area (Å²) >= 11 is 0. The normalized spacial score (nSPS) is 10.4. The standard InChI is InChI=1S/C16H17NO4/c1-10-7-14(18)17(11(2)15(10)16(19)20)9-12-5-4-6-13(8-12)21-3/h4-8H,9H2,1-3H3,(H,19,20). The molecule has 5 heteroatoms. The molecule has 0 aliphatic heterocycles. The van der Waals surface area contributed by atoms with Gasteiger partial charge in [0.15, 0.2) is 0 Å². The van der Waals surface area contributed by atoms with Crippen LogP contribution in [-0.4, -0.2) is 22.8 Å². The number of methoxy groups -OCH3 is 1. The molecule has 0 saturated carbocycles. The van der Waals surface area contributed by atoms with Gasteiger partial charge in [-0.1, -0.05) is 12.1 Å². The first-order valence-electron chi connectivity index (χ1n) is 6.51. The molecule has 0 amide bonds. The van der Waals surface area contributed by atoms with Gasteiger partial charge < -0.3 is 14.4 Å². The number of pyridine rings is 1. The quantitative estimate of drug-likeness (QED) is 0.936. The summed E-state index contributed by atoms with van der Waals surface area (Å²) in [5.74, 6) is -0.326. The lowest BCUT2D eigenvalue weighted by atomic mass is 10.1. The molecule has 21 heavy (non-hydrogen) atoms. The minimum absolute atomic E-state index is 0.178. The number of carboxylic acids is 1. The summed E-state index contributed by atoms with van der Waals surface area (Å²) in [5.41, 5.74) is 1.78. The molecule has 1 heterocycles. The summed E-state index contributed by atoms with van der Waals surface area (Å²) in [6.07, 6.45) is 0. The van der Waals surface area contributed by atoms with Gasteiger partial charge in [0, 0.05) is 11.8 Å². The van der Waals surface area contributed by atoms with Gasteiger partial charge in [0.05, 0.1) is 19.2 Å². The van der Waals surface area contributed by atoms with Crippen LogP contribution in [0.25, 0.3) is 0 Å². The molecule has 0 fully saturated rings. The highest BCUT2D eigenvalue weighted by Crippen LogP contribution is 2.16. The van der Waals surface area contributed by atoms with E-state index in [4.69, 9.17) is 4.74 Å². The number of nitrogens with zero attached hydrogens (tertiary/aromatic N) is 1. The Balaban J connectivity index is 2.51. The summed E-state index contributed by atoms with van der Waals surface area (Å²) in [6.45, 7) is 3.59. The summed E-state index contributed by atoms with van der Waals surface area (Å²) in [5, 5.41) is 9.27. The number of benzene rings is 1. The molecule has 2 aromatic rings. The molecule has 0 atom stereocenters. The SMILES string of the molecule is COc1cccc(Cn2c(C)c(C(=O)O)c(C)cc2=O)c1. The van der Waals surface area contributed by atoms with Crippen molar-refractivity contribution in [2.75, 3.05) is 7.11 Å². The Morgan fingerprint density at radius 2 is 2.00 bits per heavy atom. The second-order valence-electron chi connectivity index (χ2n) is 4.87. The summed E-state index contributed by atoms with van der Waals surface area (Å²) < 4.78 is 6.62. The van der Waals surface area contributed by atoms with E-state index in [9.17, 15) is 14.7 Å². The first-order valence-corrected chi connectivity index (χ1v) is 6.51. The van der Waals surface area contributed by atoms with Crippen molar-refractivity contribution < 1.29 is 14.6 Å². The molecule has 1 aromatic carbocycles. The van der Waals surface area contributed by atoms with Gasteiger partial charge in [-0.25, -0.2) is 4.79 Å². The van der Waals surface area contributed by atoms with Crippen molar-refractivity contribution in [3.8, 4) is 5.75 Å². The van der Waals surface area contributed by atoms with E-state index < -0.39 is 5.97 Å². The molecular weight excluding hydrogens is 270 g/mol. The number of hydrogen-bond acceptors (Lipinski definition) is 3. The van der Waals surface area contributed by atoms with Gasteiger partial charge in [0.2, 0.25) is 0 Å². The first-order chi connectivity index (χ1) is 9.93. The van der Waals surface area contributed by atoms with Crippen LogP contribution in [0.4, 0.5) is 0 Å². The van der Waals surface area contributed by atoms with Crippen LogP contribution in [0.5, 0.6) is 5.75 Å². The van der Waals surface area contributed by atoms with Gasteiger partial charge in [-0.05, 0) is 37.1 Å². The third-order valence-electron chi connectivity index (χ3n) is 3.46. The van der Waals surface area contributed by atoms with Crippen LogP contribution in [-0.2, 0) is 6.54 Å². The Morgan fingerprint density at radius 3 is 2.62 bits per heavy atom. The number of ether oxygens (including phenoxy) is 1. The van der Waals surface area contributed by atoms with Gasteiger partial charge >= 0.3 is 5.97 Å². The van der Waals surface area contributed by atoms with Crippen LogP contribution < -0.4 is 10.3 Å². The van der Waals surface area contributed by atoms with Gasteiger partial charge in [0.1, 0.15) is 5.75 Å². The van der Waals surface area contributed by atoms with E-state index in [0.29, 0.717) is 23.6 Å². The molecule has 0 spiro atoms. The fraction of sp³-hybridized carbons (Fsp3) is 0.250.